The van der Waals surface area contributed by atoms with Crippen LogP contribution in [0, 0.1) is 5.92 Å². The molecule has 1 aromatic rings. The van der Waals surface area contributed by atoms with Gasteiger partial charge in [0, 0.05) is 10.5 Å². The lowest BCUT2D eigenvalue weighted by molar-refractivity contribution is 0.452. The van der Waals surface area contributed by atoms with E-state index in [4.69, 9.17) is 0 Å². The maximum atomic E-state index is 3.64. The zero-order chi connectivity index (χ0) is 11.4. The predicted molar refractivity (Wildman–Crippen MR) is 72.5 cm³/mol. The van der Waals surface area contributed by atoms with E-state index in [0.717, 1.165) is 10.4 Å². The Hall–Kier alpha value is -0.340. The first-order valence-electron chi connectivity index (χ1n) is 6.24. The van der Waals surface area contributed by atoms with Crippen LogP contribution in [0.15, 0.2) is 28.7 Å². The largest absolute Gasteiger partial charge is 0.310 e. The smallest absolute Gasteiger partial charge is 0.0291 e. The maximum absolute atomic E-state index is 3.64. The lowest BCUT2D eigenvalue weighted by Gasteiger charge is -2.17. The van der Waals surface area contributed by atoms with Gasteiger partial charge in [-0.1, -0.05) is 40.9 Å². The summed E-state index contributed by atoms with van der Waals surface area (Å²) in [6.07, 6.45) is 5.69. The van der Waals surface area contributed by atoms with Gasteiger partial charge in [-0.3, -0.25) is 0 Å². The molecule has 1 nitrogen and oxygen atoms in total. The molecule has 1 atom stereocenters. The van der Waals surface area contributed by atoms with E-state index in [1.165, 1.54) is 37.8 Å². The summed E-state index contributed by atoms with van der Waals surface area (Å²) in [6, 6.07) is 9.08. The van der Waals surface area contributed by atoms with E-state index in [0.29, 0.717) is 6.04 Å². The number of hydrogen-bond acceptors (Lipinski definition) is 1. The number of rotatable bonds is 4. The molecule has 2 rings (SSSR count). The minimum Gasteiger partial charge on any atom is -0.310 e. The Morgan fingerprint density at radius 2 is 1.88 bits per heavy atom. The zero-order valence-electron chi connectivity index (χ0n) is 9.88. The van der Waals surface area contributed by atoms with Gasteiger partial charge in [-0.25, -0.2) is 0 Å². The minimum atomic E-state index is 0.466. The monoisotopic (exact) mass is 281 g/mol. The second-order valence-corrected chi connectivity index (χ2v) is 5.75. The van der Waals surface area contributed by atoms with Crippen LogP contribution in [0.25, 0.3) is 0 Å². The Morgan fingerprint density at radius 3 is 2.50 bits per heavy atom. The van der Waals surface area contributed by atoms with Crippen LogP contribution in [0.1, 0.15) is 44.2 Å². The van der Waals surface area contributed by atoms with Gasteiger partial charge in [0.25, 0.3) is 0 Å². The van der Waals surface area contributed by atoms with E-state index < -0.39 is 0 Å². The van der Waals surface area contributed by atoms with E-state index in [1.54, 1.807) is 0 Å². The fourth-order valence-corrected chi connectivity index (χ4v) is 2.69. The zero-order valence-corrected chi connectivity index (χ0v) is 11.5. The summed E-state index contributed by atoms with van der Waals surface area (Å²) >= 11 is 3.47. The molecule has 0 bridgehead atoms. The number of hydrogen-bond donors (Lipinski definition) is 1. The SMILES string of the molecule is C[C@H](NCC1CCCC1)c1ccc(Br)cc1. The summed E-state index contributed by atoms with van der Waals surface area (Å²) in [5.41, 5.74) is 1.38. The second kappa shape index (κ2) is 5.83. The quantitative estimate of drug-likeness (QED) is 0.868. The fraction of sp³-hybridized carbons (Fsp3) is 0.571. The van der Waals surface area contributed by atoms with Gasteiger partial charge in [0.2, 0.25) is 0 Å². The Morgan fingerprint density at radius 1 is 1.25 bits per heavy atom. The van der Waals surface area contributed by atoms with Crippen LogP contribution in [-0.4, -0.2) is 6.54 Å². The van der Waals surface area contributed by atoms with Gasteiger partial charge in [0.1, 0.15) is 0 Å². The molecule has 0 unspecified atom stereocenters. The lowest BCUT2D eigenvalue weighted by Crippen LogP contribution is -2.24. The van der Waals surface area contributed by atoms with Crippen LogP contribution in [0.4, 0.5) is 0 Å². The highest BCUT2D eigenvalue weighted by molar-refractivity contribution is 9.10. The van der Waals surface area contributed by atoms with Crippen molar-refractivity contribution in [1.29, 1.82) is 0 Å². The summed E-state index contributed by atoms with van der Waals surface area (Å²) in [7, 11) is 0. The summed E-state index contributed by atoms with van der Waals surface area (Å²) in [6.45, 7) is 3.43. The van der Waals surface area contributed by atoms with Crippen molar-refractivity contribution in [2.24, 2.45) is 5.92 Å². The van der Waals surface area contributed by atoms with E-state index in [2.05, 4.69) is 52.4 Å². The van der Waals surface area contributed by atoms with Gasteiger partial charge in [-0.15, -0.1) is 0 Å². The molecular formula is C14H20BrN. The van der Waals surface area contributed by atoms with Gasteiger partial charge in [-0.05, 0) is 49.9 Å². The van der Waals surface area contributed by atoms with E-state index in [9.17, 15) is 0 Å². The van der Waals surface area contributed by atoms with Crippen molar-refractivity contribution in [3.63, 3.8) is 0 Å². The molecule has 1 N–H and O–H groups in total. The van der Waals surface area contributed by atoms with Gasteiger partial charge >= 0.3 is 0 Å². The molecule has 88 valence electrons. The molecule has 1 saturated carbocycles. The van der Waals surface area contributed by atoms with Gasteiger partial charge in [-0.2, -0.15) is 0 Å². The number of benzene rings is 1. The Labute approximate surface area is 107 Å². The first-order valence-corrected chi connectivity index (χ1v) is 7.04. The first-order chi connectivity index (χ1) is 7.75. The Balaban J connectivity index is 1.82. The normalized spacial score (nSPS) is 18.9. The van der Waals surface area contributed by atoms with Crippen molar-refractivity contribution in [3.05, 3.63) is 34.3 Å². The predicted octanol–water partition coefficient (Wildman–Crippen LogP) is 4.29. The van der Waals surface area contributed by atoms with Crippen molar-refractivity contribution < 1.29 is 0 Å². The van der Waals surface area contributed by atoms with Crippen LogP contribution in [0.2, 0.25) is 0 Å². The summed E-state index contributed by atoms with van der Waals surface area (Å²) in [5, 5.41) is 3.64. The molecule has 1 aliphatic carbocycles. The minimum absolute atomic E-state index is 0.466. The highest BCUT2D eigenvalue weighted by atomic mass is 79.9. The van der Waals surface area contributed by atoms with Crippen LogP contribution in [-0.2, 0) is 0 Å². The van der Waals surface area contributed by atoms with Crippen molar-refractivity contribution in [2.45, 2.75) is 38.6 Å². The Kier molecular flexibility index (Phi) is 4.42. The average Bonchev–Trinajstić information content (AvgIpc) is 2.80. The highest BCUT2D eigenvalue weighted by Crippen LogP contribution is 2.25. The van der Waals surface area contributed by atoms with Gasteiger partial charge in [0.05, 0.1) is 0 Å². The average molecular weight is 282 g/mol. The standard InChI is InChI=1S/C14H20BrN/c1-11(13-6-8-14(15)9-7-13)16-10-12-4-2-3-5-12/h6-9,11-12,16H,2-5,10H2,1H3/t11-/m0/s1. The summed E-state index contributed by atoms with van der Waals surface area (Å²) < 4.78 is 1.15. The molecule has 1 aliphatic rings. The third-order valence-corrected chi connectivity index (χ3v) is 4.09. The molecule has 0 radical (unpaired) electrons. The second-order valence-electron chi connectivity index (χ2n) is 4.83. The summed E-state index contributed by atoms with van der Waals surface area (Å²) in [5.74, 6) is 0.915. The third-order valence-electron chi connectivity index (χ3n) is 3.56. The van der Waals surface area contributed by atoms with Crippen LogP contribution >= 0.6 is 15.9 Å². The van der Waals surface area contributed by atoms with E-state index in [1.807, 2.05) is 0 Å². The molecule has 0 saturated heterocycles. The number of nitrogens with one attached hydrogen (secondary N) is 1. The molecular weight excluding hydrogens is 262 g/mol. The lowest BCUT2D eigenvalue weighted by atomic mass is 10.1. The topological polar surface area (TPSA) is 12.0 Å². The molecule has 0 heterocycles. The molecule has 1 aromatic carbocycles. The molecule has 2 heteroatoms. The molecule has 0 aromatic heterocycles. The third kappa shape index (κ3) is 3.33. The first kappa shape index (κ1) is 12.1. The van der Waals surface area contributed by atoms with E-state index >= 15 is 0 Å². The summed E-state index contributed by atoms with van der Waals surface area (Å²) in [4.78, 5) is 0. The van der Waals surface area contributed by atoms with E-state index in [-0.39, 0.29) is 0 Å². The van der Waals surface area contributed by atoms with Crippen LogP contribution in [0.5, 0.6) is 0 Å². The molecule has 0 amide bonds. The highest BCUT2D eigenvalue weighted by Gasteiger charge is 2.15. The Bertz CT molecular complexity index is 314. The van der Waals surface area contributed by atoms with Crippen molar-refractivity contribution in [1.82, 2.24) is 5.32 Å². The van der Waals surface area contributed by atoms with Crippen molar-refractivity contribution in [3.8, 4) is 0 Å². The van der Waals surface area contributed by atoms with Gasteiger partial charge < -0.3 is 5.32 Å². The fourth-order valence-electron chi connectivity index (χ4n) is 2.43. The van der Waals surface area contributed by atoms with Crippen molar-refractivity contribution in [2.75, 3.05) is 6.54 Å². The maximum Gasteiger partial charge on any atom is 0.0291 e. The molecule has 0 aliphatic heterocycles. The van der Waals surface area contributed by atoms with Crippen molar-refractivity contribution >= 4 is 15.9 Å². The molecule has 1 fully saturated rings. The molecule has 0 spiro atoms. The molecule has 16 heavy (non-hydrogen) atoms. The van der Waals surface area contributed by atoms with Gasteiger partial charge in [0.15, 0.2) is 0 Å². The van der Waals surface area contributed by atoms with Crippen LogP contribution < -0.4 is 5.32 Å². The van der Waals surface area contributed by atoms with Crippen LogP contribution in [0.3, 0.4) is 0 Å². The number of halogens is 1.